The standard InChI is InChI=1S/C30H29ClN2O5S/c1-20-8-7-9-21(2)29(20)33(39(4,35)36)19-22-12-14-23(15-13-22)30(34)32-25-18-24(31)16-17-26(25)38-28-11-6-5-10-27(28)37-3/h5-18H,19H2,1-4H3,(H,32,34). The predicted octanol–water partition coefficient (Wildman–Crippen LogP) is 6.98. The Bertz CT molecular complexity index is 1580. The Morgan fingerprint density at radius 1 is 0.872 bits per heavy atom. The number of para-hydroxylation sites is 3. The molecule has 0 aliphatic carbocycles. The number of sulfonamides is 1. The summed E-state index contributed by atoms with van der Waals surface area (Å²) in [5.74, 6) is 1.06. The maximum Gasteiger partial charge on any atom is 0.255 e. The highest BCUT2D eigenvalue weighted by Gasteiger charge is 2.22. The summed E-state index contributed by atoms with van der Waals surface area (Å²) in [6.45, 7) is 3.91. The number of carbonyl (C=O) groups is 1. The van der Waals surface area contributed by atoms with Gasteiger partial charge in [-0.1, -0.05) is 54.1 Å². The molecule has 1 N–H and O–H groups in total. The van der Waals surface area contributed by atoms with E-state index in [0.29, 0.717) is 39.2 Å². The van der Waals surface area contributed by atoms with E-state index in [-0.39, 0.29) is 12.5 Å². The number of aryl methyl sites for hydroxylation is 2. The number of nitrogens with one attached hydrogen (secondary N) is 1. The van der Waals surface area contributed by atoms with E-state index in [4.69, 9.17) is 21.1 Å². The number of hydrogen-bond acceptors (Lipinski definition) is 5. The van der Waals surface area contributed by atoms with Gasteiger partial charge in [-0.25, -0.2) is 8.42 Å². The second kappa shape index (κ2) is 11.8. The lowest BCUT2D eigenvalue weighted by Gasteiger charge is -2.26. The molecule has 39 heavy (non-hydrogen) atoms. The number of ether oxygens (including phenoxy) is 2. The zero-order valence-corrected chi connectivity index (χ0v) is 23.6. The van der Waals surface area contributed by atoms with Gasteiger partial charge in [-0.2, -0.15) is 0 Å². The number of benzene rings is 4. The van der Waals surface area contributed by atoms with Gasteiger partial charge in [0.1, 0.15) is 0 Å². The van der Waals surface area contributed by atoms with Gasteiger partial charge in [0.05, 0.1) is 31.3 Å². The average Bonchev–Trinajstić information content (AvgIpc) is 2.89. The summed E-state index contributed by atoms with van der Waals surface area (Å²) in [7, 11) is -2.00. The lowest BCUT2D eigenvalue weighted by atomic mass is 10.1. The van der Waals surface area contributed by atoms with Gasteiger partial charge in [0.25, 0.3) is 5.91 Å². The van der Waals surface area contributed by atoms with Crippen LogP contribution in [-0.4, -0.2) is 27.7 Å². The molecule has 4 rings (SSSR count). The fourth-order valence-corrected chi connectivity index (χ4v) is 5.37. The van der Waals surface area contributed by atoms with Gasteiger partial charge in [-0.05, 0) is 73.0 Å². The molecule has 1 amide bonds. The van der Waals surface area contributed by atoms with Crippen LogP contribution in [0.25, 0.3) is 0 Å². The van der Waals surface area contributed by atoms with Gasteiger partial charge in [-0.3, -0.25) is 9.10 Å². The number of amides is 1. The molecule has 0 aliphatic rings. The summed E-state index contributed by atoms with van der Waals surface area (Å²) in [6.07, 6.45) is 1.19. The molecule has 0 fully saturated rings. The molecule has 0 radical (unpaired) electrons. The van der Waals surface area contributed by atoms with Gasteiger partial charge in [0.2, 0.25) is 10.0 Å². The van der Waals surface area contributed by atoms with Crippen molar-refractivity contribution >= 4 is 38.9 Å². The molecule has 4 aromatic carbocycles. The molecule has 9 heteroatoms. The Balaban J connectivity index is 1.55. The van der Waals surface area contributed by atoms with E-state index in [0.717, 1.165) is 16.7 Å². The third kappa shape index (κ3) is 6.71. The van der Waals surface area contributed by atoms with Gasteiger partial charge in [0, 0.05) is 10.6 Å². The van der Waals surface area contributed by atoms with Crippen LogP contribution < -0.4 is 19.1 Å². The van der Waals surface area contributed by atoms with Crippen molar-refractivity contribution in [2.45, 2.75) is 20.4 Å². The summed E-state index contributed by atoms with van der Waals surface area (Å²) < 4.78 is 38.1. The Kier molecular flexibility index (Phi) is 8.47. The first-order chi connectivity index (χ1) is 18.6. The van der Waals surface area contributed by atoms with Crippen molar-refractivity contribution in [3.8, 4) is 17.2 Å². The predicted molar refractivity (Wildman–Crippen MR) is 156 cm³/mol. The van der Waals surface area contributed by atoms with E-state index >= 15 is 0 Å². The molecule has 4 aromatic rings. The minimum absolute atomic E-state index is 0.137. The second-order valence-corrected chi connectivity index (χ2v) is 11.4. The first-order valence-corrected chi connectivity index (χ1v) is 14.3. The molecule has 0 atom stereocenters. The van der Waals surface area contributed by atoms with Crippen LogP contribution in [-0.2, 0) is 16.6 Å². The lowest BCUT2D eigenvalue weighted by Crippen LogP contribution is -2.30. The molecule has 0 unspecified atom stereocenters. The highest BCUT2D eigenvalue weighted by Crippen LogP contribution is 2.36. The van der Waals surface area contributed by atoms with E-state index in [9.17, 15) is 13.2 Å². The third-order valence-corrected chi connectivity index (χ3v) is 7.46. The molecule has 202 valence electrons. The summed E-state index contributed by atoms with van der Waals surface area (Å²) in [4.78, 5) is 13.1. The van der Waals surface area contributed by atoms with Crippen molar-refractivity contribution in [1.82, 2.24) is 0 Å². The van der Waals surface area contributed by atoms with Crippen LogP contribution in [0.3, 0.4) is 0 Å². The minimum atomic E-state index is -3.55. The van der Waals surface area contributed by atoms with Gasteiger partial charge in [-0.15, -0.1) is 0 Å². The summed E-state index contributed by atoms with van der Waals surface area (Å²) in [5, 5.41) is 3.29. The molecule has 0 saturated heterocycles. The number of carbonyl (C=O) groups excluding carboxylic acids is 1. The third-order valence-electron chi connectivity index (χ3n) is 6.11. The van der Waals surface area contributed by atoms with Crippen LogP contribution in [0.15, 0.2) is 84.9 Å². The Morgan fingerprint density at radius 2 is 1.51 bits per heavy atom. The largest absolute Gasteiger partial charge is 0.493 e. The highest BCUT2D eigenvalue weighted by molar-refractivity contribution is 7.92. The minimum Gasteiger partial charge on any atom is -0.493 e. The van der Waals surface area contributed by atoms with E-state index < -0.39 is 10.0 Å². The van der Waals surface area contributed by atoms with Crippen molar-refractivity contribution in [1.29, 1.82) is 0 Å². The van der Waals surface area contributed by atoms with Gasteiger partial charge < -0.3 is 14.8 Å². The van der Waals surface area contributed by atoms with Crippen LogP contribution >= 0.6 is 11.6 Å². The van der Waals surface area contributed by atoms with E-state index in [2.05, 4.69) is 5.32 Å². The molecular weight excluding hydrogens is 536 g/mol. The van der Waals surface area contributed by atoms with Crippen LogP contribution in [0.2, 0.25) is 5.02 Å². The van der Waals surface area contributed by atoms with Crippen molar-refractivity contribution in [2.24, 2.45) is 0 Å². The van der Waals surface area contributed by atoms with E-state index in [1.165, 1.54) is 10.6 Å². The van der Waals surface area contributed by atoms with Crippen molar-refractivity contribution < 1.29 is 22.7 Å². The van der Waals surface area contributed by atoms with Crippen LogP contribution in [0.1, 0.15) is 27.0 Å². The molecule has 0 heterocycles. The summed E-state index contributed by atoms with van der Waals surface area (Å²) >= 11 is 6.20. The normalized spacial score (nSPS) is 11.1. The number of halogens is 1. The quantitative estimate of drug-likeness (QED) is 0.237. The van der Waals surface area contributed by atoms with Gasteiger partial charge in [0.15, 0.2) is 17.2 Å². The molecular formula is C30H29ClN2O5S. The maximum atomic E-state index is 13.1. The number of methoxy groups -OCH3 is 1. The lowest BCUT2D eigenvalue weighted by molar-refractivity contribution is 0.102. The van der Waals surface area contributed by atoms with Crippen molar-refractivity contribution in [3.05, 3.63) is 112 Å². The van der Waals surface area contributed by atoms with Crippen LogP contribution in [0, 0.1) is 13.8 Å². The molecule has 7 nitrogen and oxygen atoms in total. The zero-order chi connectivity index (χ0) is 28.2. The second-order valence-electron chi connectivity index (χ2n) is 9.05. The highest BCUT2D eigenvalue weighted by atomic mass is 35.5. The smallest absolute Gasteiger partial charge is 0.255 e. The summed E-state index contributed by atoms with van der Waals surface area (Å²) in [6, 6.07) is 24.6. The Labute approximate surface area is 234 Å². The maximum absolute atomic E-state index is 13.1. The van der Waals surface area contributed by atoms with Crippen molar-refractivity contribution in [2.75, 3.05) is 23.0 Å². The SMILES string of the molecule is COc1ccccc1Oc1ccc(Cl)cc1NC(=O)c1ccc(CN(c2c(C)cccc2C)S(C)(=O)=O)cc1. The monoisotopic (exact) mass is 564 g/mol. The van der Waals surface area contributed by atoms with Crippen molar-refractivity contribution in [3.63, 3.8) is 0 Å². The van der Waals surface area contributed by atoms with Crippen LogP contribution in [0.4, 0.5) is 11.4 Å². The first kappa shape index (κ1) is 28.0. The number of anilines is 2. The van der Waals surface area contributed by atoms with Gasteiger partial charge >= 0.3 is 0 Å². The first-order valence-electron chi connectivity index (χ1n) is 12.1. The number of rotatable bonds is 9. The zero-order valence-electron chi connectivity index (χ0n) is 22.1. The molecule has 0 aliphatic heterocycles. The topological polar surface area (TPSA) is 84.9 Å². The molecule has 0 saturated carbocycles. The number of nitrogens with zero attached hydrogens (tertiary/aromatic N) is 1. The van der Waals surface area contributed by atoms with E-state index in [1.54, 1.807) is 61.7 Å². The Morgan fingerprint density at radius 3 is 2.13 bits per heavy atom. The molecule has 0 spiro atoms. The fourth-order valence-electron chi connectivity index (χ4n) is 4.19. The average molecular weight is 565 g/mol. The molecule has 0 bridgehead atoms. The Hall–Kier alpha value is -4.01. The summed E-state index contributed by atoms with van der Waals surface area (Å²) in [5.41, 5.74) is 3.90. The van der Waals surface area contributed by atoms with E-state index in [1.807, 2.05) is 44.2 Å². The molecule has 0 aromatic heterocycles. The fraction of sp³-hybridized carbons (Fsp3) is 0.167. The number of hydrogen-bond donors (Lipinski definition) is 1. The van der Waals surface area contributed by atoms with Crippen LogP contribution in [0.5, 0.6) is 17.2 Å².